The number of ether oxygens (including phenoxy) is 1. The molecule has 1 amide bonds. The number of carbonyl (C=O) groups excluding carboxylic acids is 2. The number of nitrogens with one attached hydrogen (secondary N) is 2. The first-order chi connectivity index (χ1) is 8.24. The number of aromatic amines is 1. The highest BCUT2D eigenvalue weighted by atomic mass is 16.6. The zero-order valence-corrected chi connectivity index (χ0v) is 8.90. The number of hydrogen-bond donors (Lipinski definition) is 2. The Morgan fingerprint density at radius 3 is 2.82 bits per heavy atom. The first-order valence-electron chi connectivity index (χ1n) is 5.31. The molecule has 1 aromatic carbocycles. The quantitative estimate of drug-likeness (QED) is 0.604. The van der Waals surface area contributed by atoms with Gasteiger partial charge in [0.05, 0.1) is 0 Å². The summed E-state index contributed by atoms with van der Waals surface area (Å²) < 4.78 is 4.44. The molecule has 0 saturated carbocycles. The summed E-state index contributed by atoms with van der Waals surface area (Å²) in [7, 11) is 0. The summed E-state index contributed by atoms with van der Waals surface area (Å²) in [4.78, 5) is 25.3. The van der Waals surface area contributed by atoms with E-state index in [0.29, 0.717) is 6.42 Å². The minimum absolute atomic E-state index is 0.439. The first kappa shape index (κ1) is 9.89. The molecule has 1 aliphatic heterocycles. The molecule has 3 rings (SSSR count). The number of H-pyrrole nitrogens is 1. The van der Waals surface area contributed by atoms with Crippen molar-refractivity contribution in [3.05, 3.63) is 36.0 Å². The van der Waals surface area contributed by atoms with Crippen molar-refractivity contribution in [2.75, 3.05) is 0 Å². The van der Waals surface area contributed by atoms with Crippen LogP contribution in [0.3, 0.4) is 0 Å². The van der Waals surface area contributed by atoms with Gasteiger partial charge in [-0.1, -0.05) is 18.2 Å². The summed E-state index contributed by atoms with van der Waals surface area (Å²) in [6, 6.07) is 7.23. The van der Waals surface area contributed by atoms with E-state index in [1.807, 2.05) is 30.5 Å². The summed E-state index contributed by atoms with van der Waals surface area (Å²) in [5.41, 5.74) is 2.00. The Morgan fingerprint density at radius 1 is 1.24 bits per heavy atom. The summed E-state index contributed by atoms with van der Waals surface area (Å²) >= 11 is 0. The van der Waals surface area contributed by atoms with Gasteiger partial charge in [-0.15, -0.1) is 0 Å². The number of fused-ring (bicyclic) bond motifs is 1. The maximum Gasteiger partial charge on any atom is 0.415 e. The molecule has 2 N–H and O–H groups in total. The Labute approximate surface area is 96.8 Å². The minimum Gasteiger partial charge on any atom is -0.375 e. The smallest absolute Gasteiger partial charge is 0.375 e. The number of cyclic esters (lactones) is 2. The largest absolute Gasteiger partial charge is 0.415 e. The van der Waals surface area contributed by atoms with Crippen LogP contribution in [0.15, 0.2) is 30.5 Å². The zero-order chi connectivity index (χ0) is 11.8. The molecule has 1 aromatic heterocycles. The van der Waals surface area contributed by atoms with E-state index in [9.17, 15) is 9.59 Å². The van der Waals surface area contributed by atoms with E-state index in [2.05, 4.69) is 15.0 Å². The van der Waals surface area contributed by atoms with Crippen LogP contribution in [-0.2, 0) is 16.0 Å². The molecule has 5 heteroatoms. The predicted octanol–water partition coefficient (Wildman–Crippen LogP) is 1.35. The second-order valence-corrected chi connectivity index (χ2v) is 3.97. The molecule has 0 spiro atoms. The van der Waals surface area contributed by atoms with Crippen molar-refractivity contribution in [1.82, 2.24) is 10.3 Å². The molecule has 1 aliphatic rings. The van der Waals surface area contributed by atoms with Crippen LogP contribution < -0.4 is 5.32 Å². The van der Waals surface area contributed by atoms with Crippen LogP contribution in [0.4, 0.5) is 4.79 Å². The van der Waals surface area contributed by atoms with Crippen LogP contribution >= 0.6 is 0 Å². The molecule has 5 nitrogen and oxygen atoms in total. The van der Waals surface area contributed by atoms with Gasteiger partial charge in [-0.25, -0.2) is 9.59 Å². The lowest BCUT2D eigenvalue weighted by Gasteiger charge is -2.03. The maximum atomic E-state index is 11.3. The van der Waals surface area contributed by atoms with E-state index in [-0.39, 0.29) is 0 Å². The monoisotopic (exact) mass is 230 g/mol. The summed E-state index contributed by atoms with van der Waals surface area (Å²) in [6.07, 6.45) is 1.62. The van der Waals surface area contributed by atoms with Crippen molar-refractivity contribution < 1.29 is 14.3 Å². The average molecular weight is 230 g/mol. The summed E-state index contributed by atoms with van der Waals surface area (Å²) in [5.74, 6) is -0.514. The van der Waals surface area contributed by atoms with Crippen LogP contribution in [0.2, 0.25) is 0 Å². The molecule has 1 atom stereocenters. The fourth-order valence-corrected chi connectivity index (χ4v) is 2.05. The van der Waals surface area contributed by atoms with Gasteiger partial charge in [-0.2, -0.15) is 0 Å². The fourth-order valence-electron chi connectivity index (χ4n) is 2.05. The van der Waals surface area contributed by atoms with Crippen LogP contribution in [0, 0.1) is 0 Å². The lowest BCUT2D eigenvalue weighted by molar-refractivity contribution is -0.135. The van der Waals surface area contributed by atoms with Gasteiger partial charge in [0.1, 0.15) is 6.04 Å². The number of benzene rings is 1. The second-order valence-electron chi connectivity index (χ2n) is 3.97. The predicted molar refractivity (Wildman–Crippen MR) is 60.4 cm³/mol. The molecule has 2 heterocycles. The van der Waals surface area contributed by atoms with E-state index in [1.54, 1.807) is 0 Å². The number of aromatic nitrogens is 1. The van der Waals surface area contributed by atoms with Crippen molar-refractivity contribution in [3.8, 4) is 0 Å². The van der Waals surface area contributed by atoms with Gasteiger partial charge in [-0.3, -0.25) is 0 Å². The van der Waals surface area contributed by atoms with Crippen LogP contribution in [0.25, 0.3) is 10.9 Å². The third-order valence-electron chi connectivity index (χ3n) is 2.87. The first-order valence-corrected chi connectivity index (χ1v) is 5.31. The zero-order valence-electron chi connectivity index (χ0n) is 8.90. The van der Waals surface area contributed by atoms with Gasteiger partial charge in [0.15, 0.2) is 0 Å². The molecule has 0 unspecified atom stereocenters. The molecule has 1 fully saturated rings. The molecule has 1 saturated heterocycles. The number of rotatable bonds is 2. The molecule has 2 aromatic rings. The topological polar surface area (TPSA) is 71.2 Å². The fraction of sp³-hybridized carbons (Fsp3) is 0.167. The Bertz CT molecular complexity index is 603. The summed E-state index contributed by atoms with van der Waals surface area (Å²) in [6.45, 7) is 0. The number of para-hydroxylation sites is 1. The average Bonchev–Trinajstić information content (AvgIpc) is 2.85. The van der Waals surface area contributed by atoms with E-state index in [0.717, 1.165) is 16.5 Å². The Kier molecular flexibility index (Phi) is 2.11. The van der Waals surface area contributed by atoms with E-state index in [1.165, 1.54) is 0 Å². The number of amides is 1. The standard InChI is InChI=1S/C12H10N2O3/c15-11-10(14-12(16)17-11)5-7-6-13-9-4-2-1-3-8(7)9/h1-4,6,10,13H,5H2,(H,14,16)/t10-/m0/s1. The molecular weight excluding hydrogens is 220 g/mol. The van der Waals surface area contributed by atoms with Crippen molar-refractivity contribution in [1.29, 1.82) is 0 Å². The van der Waals surface area contributed by atoms with Gasteiger partial charge < -0.3 is 15.0 Å². The van der Waals surface area contributed by atoms with Gasteiger partial charge >= 0.3 is 12.1 Å². The van der Waals surface area contributed by atoms with Crippen LogP contribution in [-0.4, -0.2) is 23.1 Å². The molecule has 17 heavy (non-hydrogen) atoms. The lowest BCUT2D eigenvalue weighted by atomic mass is 10.1. The highest BCUT2D eigenvalue weighted by molar-refractivity contribution is 5.96. The van der Waals surface area contributed by atoms with Gasteiger partial charge in [0, 0.05) is 23.5 Å². The second kappa shape index (κ2) is 3.62. The minimum atomic E-state index is -0.667. The van der Waals surface area contributed by atoms with Crippen molar-refractivity contribution in [2.24, 2.45) is 0 Å². The maximum absolute atomic E-state index is 11.3. The number of alkyl carbamates (subject to hydrolysis) is 1. The van der Waals surface area contributed by atoms with Gasteiger partial charge in [0.25, 0.3) is 0 Å². The van der Waals surface area contributed by atoms with E-state index in [4.69, 9.17) is 0 Å². The lowest BCUT2D eigenvalue weighted by Crippen LogP contribution is -2.30. The van der Waals surface area contributed by atoms with Crippen LogP contribution in [0.1, 0.15) is 5.56 Å². The third kappa shape index (κ3) is 1.65. The normalized spacial score (nSPS) is 19.4. The summed E-state index contributed by atoms with van der Waals surface area (Å²) in [5, 5.41) is 3.54. The number of hydrogen-bond acceptors (Lipinski definition) is 3. The van der Waals surface area contributed by atoms with Crippen molar-refractivity contribution in [3.63, 3.8) is 0 Å². The van der Waals surface area contributed by atoms with Crippen LogP contribution in [0.5, 0.6) is 0 Å². The van der Waals surface area contributed by atoms with Crippen molar-refractivity contribution in [2.45, 2.75) is 12.5 Å². The molecular formula is C12H10N2O3. The van der Waals surface area contributed by atoms with E-state index < -0.39 is 18.1 Å². The van der Waals surface area contributed by atoms with Gasteiger partial charge in [0.2, 0.25) is 0 Å². The van der Waals surface area contributed by atoms with E-state index >= 15 is 0 Å². The number of esters is 1. The molecule has 86 valence electrons. The molecule has 0 bridgehead atoms. The van der Waals surface area contributed by atoms with Crippen molar-refractivity contribution >= 4 is 23.0 Å². The molecule has 0 aliphatic carbocycles. The Morgan fingerprint density at radius 2 is 2.06 bits per heavy atom. The Hall–Kier alpha value is -2.30. The van der Waals surface area contributed by atoms with Gasteiger partial charge in [-0.05, 0) is 11.6 Å². The Balaban J connectivity index is 1.90. The number of carbonyl (C=O) groups is 2. The third-order valence-corrected chi connectivity index (χ3v) is 2.87. The highest BCUT2D eigenvalue weighted by Gasteiger charge is 2.32. The SMILES string of the molecule is O=C1N[C@@H](Cc2c[nH]c3ccccc23)C(=O)O1. The highest BCUT2D eigenvalue weighted by Crippen LogP contribution is 2.20. The molecule has 0 radical (unpaired) electrons.